The molecule has 0 heterocycles. The van der Waals surface area contributed by atoms with E-state index in [2.05, 4.69) is 16.0 Å². The number of aliphatic carboxylic acids is 1. The molecule has 11 N–H and O–H groups in total. The fraction of sp³-hybridized carbons (Fsp3) is 0.810. The number of aliphatic hydroxyl groups excluding tert-OH is 1. The van der Waals surface area contributed by atoms with Crippen LogP contribution >= 0.6 is 0 Å². The number of aliphatic hydroxyl groups is 1. The first-order valence-electron chi connectivity index (χ1n) is 11.5. The number of hydrogen-bond acceptors (Lipinski definition) is 8. The van der Waals surface area contributed by atoms with Crippen LogP contribution in [0.3, 0.4) is 0 Å². The predicted molar refractivity (Wildman–Crippen MR) is 124 cm³/mol. The summed E-state index contributed by atoms with van der Waals surface area (Å²) in [6.07, 6.45) is 3.53. The van der Waals surface area contributed by atoms with Gasteiger partial charge in [-0.15, -0.1) is 0 Å². The molecule has 0 radical (unpaired) electrons. The smallest absolute Gasteiger partial charge is 0.328 e. The Kier molecular flexibility index (Phi) is 16.0. The summed E-state index contributed by atoms with van der Waals surface area (Å²) in [6.45, 7) is 3.77. The maximum atomic E-state index is 13.0. The summed E-state index contributed by atoms with van der Waals surface area (Å²) in [4.78, 5) is 49.3. The quantitative estimate of drug-likeness (QED) is 0.104. The Morgan fingerprint density at radius 3 is 1.58 bits per heavy atom. The van der Waals surface area contributed by atoms with Gasteiger partial charge in [-0.2, -0.15) is 0 Å². The van der Waals surface area contributed by atoms with Gasteiger partial charge in [0.1, 0.15) is 18.1 Å². The SMILES string of the molecule is CCC(C)C(N)C(=O)NC(CCCCN)C(=O)NC(CCCCN)C(=O)NC(CO)C(=O)O. The minimum Gasteiger partial charge on any atom is -0.480 e. The van der Waals surface area contributed by atoms with Gasteiger partial charge in [-0.3, -0.25) is 14.4 Å². The summed E-state index contributed by atoms with van der Waals surface area (Å²) in [5.41, 5.74) is 17.0. The van der Waals surface area contributed by atoms with Gasteiger partial charge in [0.2, 0.25) is 17.7 Å². The van der Waals surface area contributed by atoms with E-state index in [0.29, 0.717) is 51.6 Å². The molecule has 3 amide bonds. The average Bonchev–Trinajstić information content (AvgIpc) is 2.79. The summed E-state index contributed by atoms with van der Waals surface area (Å²) < 4.78 is 0. The minimum absolute atomic E-state index is 0.0843. The Labute approximate surface area is 195 Å². The zero-order valence-electron chi connectivity index (χ0n) is 19.7. The molecule has 0 rings (SSSR count). The van der Waals surface area contributed by atoms with Crippen molar-refractivity contribution in [3.8, 4) is 0 Å². The molecule has 0 bridgehead atoms. The van der Waals surface area contributed by atoms with Crippen molar-refractivity contribution >= 4 is 23.7 Å². The number of amides is 3. The van der Waals surface area contributed by atoms with Crippen molar-refractivity contribution in [3.05, 3.63) is 0 Å². The zero-order valence-corrected chi connectivity index (χ0v) is 19.7. The first-order valence-corrected chi connectivity index (χ1v) is 11.5. The van der Waals surface area contributed by atoms with Crippen LogP contribution in [0, 0.1) is 5.92 Å². The molecular formula is C21H42N6O6. The van der Waals surface area contributed by atoms with Crippen molar-refractivity contribution in [2.24, 2.45) is 23.1 Å². The standard InChI is InChI=1S/C21H42N6O6/c1-3-13(2)17(24)20(31)26-15(9-5-7-11-23)18(29)25-14(8-4-6-10-22)19(30)27-16(12-28)21(32)33/h13-17,28H,3-12,22-24H2,1-2H3,(H,25,29)(H,26,31)(H,27,30)(H,32,33). The number of carbonyl (C=O) groups is 4. The molecule has 0 saturated carbocycles. The van der Waals surface area contributed by atoms with Gasteiger partial charge >= 0.3 is 5.97 Å². The highest BCUT2D eigenvalue weighted by Crippen LogP contribution is 2.09. The zero-order chi connectivity index (χ0) is 25.4. The van der Waals surface area contributed by atoms with Crippen molar-refractivity contribution in [3.63, 3.8) is 0 Å². The highest BCUT2D eigenvalue weighted by Gasteiger charge is 2.30. The lowest BCUT2D eigenvalue weighted by atomic mass is 9.98. The van der Waals surface area contributed by atoms with E-state index in [-0.39, 0.29) is 12.3 Å². The Hall–Kier alpha value is -2.28. The number of carboxylic acid groups (broad SMARTS) is 1. The molecule has 0 saturated heterocycles. The summed E-state index contributed by atoms with van der Waals surface area (Å²) in [5, 5.41) is 25.7. The molecule has 0 aliphatic carbocycles. The molecule has 0 aromatic heterocycles. The monoisotopic (exact) mass is 474 g/mol. The van der Waals surface area contributed by atoms with E-state index in [0.717, 1.165) is 0 Å². The Balaban J connectivity index is 5.45. The maximum absolute atomic E-state index is 13.0. The first-order chi connectivity index (χ1) is 15.6. The van der Waals surface area contributed by atoms with Crippen LogP contribution in [0.1, 0.15) is 58.8 Å². The van der Waals surface area contributed by atoms with Gasteiger partial charge in [0.25, 0.3) is 0 Å². The maximum Gasteiger partial charge on any atom is 0.328 e. The van der Waals surface area contributed by atoms with Crippen molar-refractivity contribution in [1.82, 2.24) is 16.0 Å². The van der Waals surface area contributed by atoms with Gasteiger partial charge in [0, 0.05) is 0 Å². The summed E-state index contributed by atoms with van der Waals surface area (Å²) in [6, 6.07) is -4.28. The van der Waals surface area contributed by atoms with Crippen molar-refractivity contribution < 1.29 is 29.4 Å². The lowest BCUT2D eigenvalue weighted by Gasteiger charge is -2.26. The second-order valence-electron chi connectivity index (χ2n) is 8.18. The fourth-order valence-corrected chi connectivity index (χ4v) is 3.03. The average molecular weight is 475 g/mol. The van der Waals surface area contributed by atoms with E-state index < -0.39 is 54.5 Å². The summed E-state index contributed by atoms with van der Waals surface area (Å²) in [5.74, 6) is -3.28. The van der Waals surface area contributed by atoms with E-state index in [1.165, 1.54) is 0 Å². The molecule has 0 aromatic carbocycles. The second-order valence-corrected chi connectivity index (χ2v) is 8.18. The largest absolute Gasteiger partial charge is 0.480 e. The van der Waals surface area contributed by atoms with E-state index in [1.54, 1.807) is 0 Å². The van der Waals surface area contributed by atoms with E-state index >= 15 is 0 Å². The molecule has 5 unspecified atom stereocenters. The Morgan fingerprint density at radius 2 is 1.21 bits per heavy atom. The molecule has 0 aliphatic rings. The highest BCUT2D eigenvalue weighted by molar-refractivity contribution is 5.94. The number of nitrogens with one attached hydrogen (secondary N) is 3. The van der Waals surface area contributed by atoms with Crippen LogP contribution in [0.15, 0.2) is 0 Å². The van der Waals surface area contributed by atoms with Crippen molar-refractivity contribution in [1.29, 1.82) is 0 Å². The lowest BCUT2D eigenvalue weighted by Crippen LogP contribution is -2.57. The van der Waals surface area contributed by atoms with Crippen LogP contribution in [-0.4, -0.2) is 77.8 Å². The number of carbonyl (C=O) groups excluding carboxylic acids is 3. The summed E-state index contributed by atoms with van der Waals surface area (Å²) in [7, 11) is 0. The summed E-state index contributed by atoms with van der Waals surface area (Å²) >= 11 is 0. The van der Waals surface area contributed by atoms with Gasteiger partial charge in [-0.05, 0) is 57.5 Å². The van der Waals surface area contributed by atoms with Crippen LogP contribution in [0.4, 0.5) is 0 Å². The third-order valence-corrected chi connectivity index (χ3v) is 5.52. The van der Waals surface area contributed by atoms with E-state index in [1.807, 2.05) is 13.8 Å². The molecule has 0 fully saturated rings. The second kappa shape index (κ2) is 17.2. The normalized spacial score (nSPS) is 15.6. The van der Waals surface area contributed by atoms with Gasteiger partial charge in [0.05, 0.1) is 12.6 Å². The first kappa shape index (κ1) is 30.7. The predicted octanol–water partition coefficient (Wildman–Crippen LogP) is -1.85. The van der Waals surface area contributed by atoms with Gasteiger partial charge in [-0.1, -0.05) is 20.3 Å². The van der Waals surface area contributed by atoms with Gasteiger partial charge < -0.3 is 43.4 Å². The number of carboxylic acids is 1. The molecule has 12 nitrogen and oxygen atoms in total. The lowest BCUT2D eigenvalue weighted by molar-refractivity contribution is -0.143. The number of nitrogens with two attached hydrogens (primary N) is 3. The third kappa shape index (κ3) is 11.9. The number of hydrogen-bond donors (Lipinski definition) is 8. The van der Waals surface area contributed by atoms with Crippen molar-refractivity contribution in [2.75, 3.05) is 19.7 Å². The number of unbranched alkanes of at least 4 members (excludes halogenated alkanes) is 2. The molecule has 0 aromatic rings. The molecular weight excluding hydrogens is 432 g/mol. The van der Waals surface area contributed by atoms with E-state index in [4.69, 9.17) is 22.3 Å². The molecule has 12 heteroatoms. The van der Waals surface area contributed by atoms with Crippen LogP contribution in [0.5, 0.6) is 0 Å². The molecule has 33 heavy (non-hydrogen) atoms. The van der Waals surface area contributed by atoms with Crippen LogP contribution in [-0.2, 0) is 19.2 Å². The van der Waals surface area contributed by atoms with Crippen LogP contribution in [0.25, 0.3) is 0 Å². The van der Waals surface area contributed by atoms with Crippen LogP contribution < -0.4 is 33.2 Å². The fourth-order valence-electron chi connectivity index (χ4n) is 3.03. The Bertz CT molecular complexity index is 620. The third-order valence-electron chi connectivity index (χ3n) is 5.52. The van der Waals surface area contributed by atoms with Gasteiger partial charge in [0.15, 0.2) is 0 Å². The topological polar surface area (TPSA) is 223 Å². The highest BCUT2D eigenvalue weighted by atomic mass is 16.4. The Morgan fingerprint density at radius 1 is 0.788 bits per heavy atom. The molecule has 0 aliphatic heterocycles. The number of rotatable bonds is 18. The van der Waals surface area contributed by atoms with Crippen LogP contribution in [0.2, 0.25) is 0 Å². The van der Waals surface area contributed by atoms with Crippen molar-refractivity contribution in [2.45, 2.75) is 83.0 Å². The van der Waals surface area contributed by atoms with E-state index in [9.17, 15) is 24.3 Å². The van der Waals surface area contributed by atoms with Gasteiger partial charge in [-0.25, -0.2) is 4.79 Å². The molecule has 192 valence electrons. The molecule has 5 atom stereocenters. The molecule has 0 spiro atoms. The minimum atomic E-state index is -1.50.